The molecular weight excluding hydrogens is 488 g/mol. The number of benzene rings is 2. The lowest BCUT2D eigenvalue weighted by molar-refractivity contribution is -0.0467. The molecule has 10 heteroatoms. The van der Waals surface area contributed by atoms with E-state index in [2.05, 4.69) is 26.6 Å². The number of amides is 1. The van der Waals surface area contributed by atoms with Crippen molar-refractivity contribution in [3.8, 4) is 5.75 Å². The highest BCUT2D eigenvalue weighted by atomic mass is 32.2. The summed E-state index contributed by atoms with van der Waals surface area (Å²) < 4.78 is 27.3. The fourth-order valence-electron chi connectivity index (χ4n) is 5.32. The Kier molecular flexibility index (Phi) is 5.59. The van der Waals surface area contributed by atoms with Crippen LogP contribution in [0.4, 0.5) is 4.39 Å². The van der Waals surface area contributed by atoms with E-state index in [4.69, 9.17) is 9.26 Å². The summed E-state index contributed by atoms with van der Waals surface area (Å²) in [6, 6.07) is 13.8. The quantitative estimate of drug-likeness (QED) is 0.489. The van der Waals surface area contributed by atoms with Crippen LogP contribution in [0.25, 0.3) is 0 Å². The molecule has 0 aliphatic carbocycles. The van der Waals surface area contributed by atoms with Gasteiger partial charge in [-0.3, -0.25) is 19.3 Å². The molecule has 6 rings (SSSR count). The van der Waals surface area contributed by atoms with E-state index in [-0.39, 0.29) is 40.7 Å². The van der Waals surface area contributed by atoms with Crippen LogP contribution in [-0.4, -0.2) is 40.9 Å². The number of morpholine rings is 1. The number of pyridine rings is 1. The minimum atomic E-state index is -0.447. The van der Waals surface area contributed by atoms with E-state index in [1.165, 1.54) is 12.1 Å². The van der Waals surface area contributed by atoms with Gasteiger partial charge in [0.15, 0.2) is 5.69 Å². The van der Waals surface area contributed by atoms with Gasteiger partial charge in [-0.1, -0.05) is 24.3 Å². The first-order chi connectivity index (χ1) is 17.0. The molecule has 1 amide bonds. The third kappa shape index (κ3) is 3.48. The van der Waals surface area contributed by atoms with E-state index in [1.807, 2.05) is 25.1 Å². The molecule has 0 saturated carbocycles. The number of hydrogen-bond donors (Lipinski definition) is 0. The van der Waals surface area contributed by atoms with Crippen LogP contribution >= 0.6 is 21.2 Å². The summed E-state index contributed by atoms with van der Waals surface area (Å²) in [6.07, 6.45) is 1.17. The number of carbonyl (C=O) groups is 1. The molecule has 7 nitrogen and oxygen atoms in total. The number of aromatic nitrogens is 1. The summed E-state index contributed by atoms with van der Waals surface area (Å²) in [5.41, 5.74) is 2.64. The zero-order valence-corrected chi connectivity index (χ0v) is 20.9. The van der Waals surface area contributed by atoms with Crippen molar-refractivity contribution in [1.29, 1.82) is 0 Å². The molecule has 0 N–H and O–H groups in total. The molecule has 4 atom stereocenters. The number of thioether (sulfide) groups is 1. The molecular formula is C25H23FN3O4PS. The van der Waals surface area contributed by atoms with Gasteiger partial charge in [-0.25, -0.2) is 4.39 Å². The standard InChI is InChI=1S/C25H23FN3O4PS/c1-14-11-32-12-21-28(14)25(31)23-24(33-34)19(30)8-9-27(23)29(21)22-17-7-6-16(26)10-15(17)13-35-20-5-3-2-4-18(20)22/h2-10,14,21-22H,11-13,34H2,1H3/t14-,21+,22-/m0/s1. The fraction of sp³-hybridized carbons (Fsp3) is 0.280. The Hall–Kier alpha value is -2.87. The molecule has 3 aliphatic heterocycles. The van der Waals surface area contributed by atoms with Crippen molar-refractivity contribution >= 4 is 27.1 Å². The average Bonchev–Trinajstić information content (AvgIpc) is 3.01. The molecule has 3 aromatic rings. The molecule has 1 unspecified atom stereocenters. The van der Waals surface area contributed by atoms with Crippen molar-refractivity contribution in [1.82, 2.24) is 9.58 Å². The third-order valence-corrected chi connectivity index (χ3v) is 8.20. The summed E-state index contributed by atoms with van der Waals surface area (Å²) in [6.45, 7) is 2.62. The normalized spacial score (nSPS) is 23.1. The highest BCUT2D eigenvalue weighted by molar-refractivity contribution is 7.98. The van der Waals surface area contributed by atoms with Crippen LogP contribution in [0.1, 0.15) is 40.1 Å². The zero-order chi connectivity index (χ0) is 24.3. The van der Waals surface area contributed by atoms with Crippen LogP contribution < -0.4 is 15.0 Å². The number of carbonyl (C=O) groups excluding carboxylic acids is 1. The van der Waals surface area contributed by atoms with Crippen LogP contribution in [0.5, 0.6) is 5.75 Å². The first-order valence-electron chi connectivity index (χ1n) is 11.3. The van der Waals surface area contributed by atoms with Crippen molar-refractivity contribution in [3.05, 3.63) is 93.2 Å². The van der Waals surface area contributed by atoms with Crippen LogP contribution in [0.3, 0.4) is 0 Å². The number of rotatable bonds is 2. The Bertz CT molecular complexity index is 1400. The summed E-state index contributed by atoms with van der Waals surface area (Å²) in [4.78, 5) is 29.3. The van der Waals surface area contributed by atoms with E-state index >= 15 is 0 Å². The predicted molar refractivity (Wildman–Crippen MR) is 134 cm³/mol. The second-order valence-corrected chi connectivity index (χ2v) is 10.1. The lowest BCUT2D eigenvalue weighted by Gasteiger charge is -2.53. The molecule has 1 saturated heterocycles. The van der Waals surface area contributed by atoms with Gasteiger partial charge in [0.05, 0.1) is 34.8 Å². The van der Waals surface area contributed by atoms with E-state index in [1.54, 1.807) is 33.6 Å². The SMILES string of the molecule is C[C@H]1COC[C@@H]2N1C(=O)c1c(OP)c(=O)ccn1N2[C@H]1c2ccc(F)cc2CSc2ccccc21. The highest BCUT2D eigenvalue weighted by Crippen LogP contribution is 2.44. The van der Waals surface area contributed by atoms with Crippen LogP contribution in [-0.2, 0) is 10.5 Å². The van der Waals surface area contributed by atoms with Gasteiger partial charge in [0, 0.05) is 22.9 Å². The van der Waals surface area contributed by atoms with Crippen molar-refractivity contribution in [2.24, 2.45) is 0 Å². The van der Waals surface area contributed by atoms with Gasteiger partial charge in [-0.15, -0.1) is 11.8 Å². The lowest BCUT2D eigenvalue weighted by atomic mass is 9.93. The van der Waals surface area contributed by atoms with E-state index in [0.29, 0.717) is 19.0 Å². The van der Waals surface area contributed by atoms with Crippen molar-refractivity contribution in [2.45, 2.75) is 35.8 Å². The van der Waals surface area contributed by atoms with Gasteiger partial charge >= 0.3 is 0 Å². The van der Waals surface area contributed by atoms with Gasteiger partial charge in [0.2, 0.25) is 11.2 Å². The molecule has 3 aliphatic rings. The van der Waals surface area contributed by atoms with E-state index < -0.39 is 6.17 Å². The van der Waals surface area contributed by atoms with Crippen LogP contribution in [0, 0.1) is 5.82 Å². The smallest absolute Gasteiger partial charge is 0.278 e. The van der Waals surface area contributed by atoms with Crippen molar-refractivity contribution in [3.63, 3.8) is 0 Å². The predicted octanol–water partition coefficient (Wildman–Crippen LogP) is 3.69. The third-order valence-electron chi connectivity index (χ3n) is 6.83. The number of halogens is 1. The Morgan fingerprint density at radius 2 is 1.94 bits per heavy atom. The van der Waals surface area contributed by atoms with Crippen molar-refractivity contribution < 1.29 is 18.4 Å². The second-order valence-electron chi connectivity index (χ2n) is 8.85. The molecule has 0 radical (unpaired) electrons. The maximum Gasteiger partial charge on any atom is 0.278 e. The Labute approximate surface area is 208 Å². The van der Waals surface area contributed by atoms with Gasteiger partial charge in [0.25, 0.3) is 5.91 Å². The van der Waals surface area contributed by atoms with Gasteiger partial charge in [-0.2, -0.15) is 0 Å². The van der Waals surface area contributed by atoms with Crippen LogP contribution in [0.15, 0.2) is 64.4 Å². The highest BCUT2D eigenvalue weighted by Gasteiger charge is 2.48. The molecule has 4 heterocycles. The number of hydrogen-bond acceptors (Lipinski definition) is 6. The first kappa shape index (κ1) is 22.6. The summed E-state index contributed by atoms with van der Waals surface area (Å²) >= 11 is 1.66. The van der Waals surface area contributed by atoms with E-state index in [0.717, 1.165) is 21.6 Å². The molecule has 35 heavy (non-hydrogen) atoms. The molecule has 1 fully saturated rings. The average molecular weight is 512 g/mol. The number of nitrogens with zero attached hydrogens (tertiary/aromatic N) is 3. The second kappa shape index (κ2) is 8.66. The molecule has 1 aromatic heterocycles. The molecule has 0 bridgehead atoms. The van der Waals surface area contributed by atoms with Gasteiger partial charge in [-0.05, 0) is 41.8 Å². The summed E-state index contributed by atoms with van der Waals surface area (Å²) in [5, 5.41) is 2.07. The van der Waals surface area contributed by atoms with Crippen LogP contribution in [0.2, 0.25) is 0 Å². The Morgan fingerprint density at radius 1 is 1.11 bits per heavy atom. The number of fused-ring (bicyclic) bond motifs is 4. The van der Waals surface area contributed by atoms with E-state index in [9.17, 15) is 14.0 Å². The maximum absolute atomic E-state index is 14.3. The largest absolute Gasteiger partial charge is 0.474 e. The Balaban J connectivity index is 1.67. The van der Waals surface area contributed by atoms with Gasteiger partial charge < -0.3 is 14.2 Å². The first-order valence-corrected chi connectivity index (χ1v) is 12.8. The summed E-state index contributed by atoms with van der Waals surface area (Å²) in [7, 11) is 2.08. The maximum atomic E-state index is 14.3. The molecule has 0 spiro atoms. The number of ether oxygens (including phenoxy) is 1. The minimum absolute atomic E-state index is 0.0275. The van der Waals surface area contributed by atoms with Gasteiger partial charge in [0.1, 0.15) is 12.0 Å². The summed E-state index contributed by atoms with van der Waals surface area (Å²) in [5.74, 6) is 0.0148. The molecule has 180 valence electrons. The monoisotopic (exact) mass is 511 g/mol. The Morgan fingerprint density at radius 3 is 2.77 bits per heavy atom. The minimum Gasteiger partial charge on any atom is -0.474 e. The lowest BCUT2D eigenvalue weighted by Crippen LogP contribution is -2.68. The molecule has 2 aromatic carbocycles. The fourth-order valence-corrected chi connectivity index (χ4v) is 6.63. The zero-order valence-electron chi connectivity index (χ0n) is 18.9. The van der Waals surface area contributed by atoms with Crippen molar-refractivity contribution in [2.75, 3.05) is 18.2 Å². The topological polar surface area (TPSA) is 64.0 Å².